The van der Waals surface area contributed by atoms with Crippen LogP contribution in [0.2, 0.25) is 18.1 Å². The van der Waals surface area contributed by atoms with Gasteiger partial charge in [-0.05, 0) is 30.5 Å². The van der Waals surface area contributed by atoms with Crippen molar-refractivity contribution in [3.05, 3.63) is 0 Å². The second-order valence-electron chi connectivity index (χ2n) is 5.96. The van der Waals surface area contributed by atoms with Crippen molar-refractivity contribution >= 4 is 30.9 Å². The normalized spacial score (nSPS) is 17.6. The molecule has 0 aromatic rings. The summed E-state index contributed by atoms with van der Waals surface area (Å²) < 4.78 is 7.62. The molecule has 15 heavy (non-hydrogen) atoms. The van der Waals surface area contributed by atoms with Gasteiger partial charge in [0.15, 0.2) is 8.32 Å². The SMILES string of the molecule is CC[C@H](O[Si](C)(C)C(C)(C)C)[C@@H](C)CI. The van der Waals surface area contributed by atoms with Crippen LogP contribution in [0.3, 0.4) is 0 Å². The van der Waals surface area contributed by atoms with Crippen LogP contribution in [-0.2, 0) is 4.43 Å². The molecule has 0 aliphatic rings. The first-order valence-electron chi connectivity index (χ1n) is 5.89. The fourth-order valence-electron chi connectivity index (χ4n) is 1.26. The molecular formula is C12H27IOSi. The highest BCUT2D eigenvalue weighted by atomic mass is 127. The van der Waals surface area contributed by atoms with Gasteiger partial charge in [-0.15, -0.1) is 0 Å². The van der Waals surface area contributed by atoms with E-state index in [2.05, 4.69) is 70.3 Å². The quantitative estimate of drug-likeness (QED) is 0.394. The Morgan fingerprint density at radius 2 is 1.73 bits per heavy atom. The molecule has 2 atom stereocenters. The molecular weight excluding hydrogens is 315 g/mol. The van der Waals surface area contributed by atoms with Gasteiger partial charge in [0, 0.05) is 10.5 Å². The van der Waals surface area contributed by atoms with E-state index in [1.54, 1.807) is 0 Å². The number of alkyl halides is 1. The molecule has 92 valence electrons. The summed E-state index contributed by atoms with van der Waals surface area (Å²) in [6.45, 7) is 16.1. The van der Waals surface area contributed by atoms with E-state index in [0.29, 0.717) is 17.1 Å². The van der Waals surface area contributed by atoms with E-state index in [9.17, 15) is 0 Å². The lowest BCUT2D eigenvalue weighted by molar-refractivity contribution is 0.133. The maximum Gasteiger partial charge on any atom is 0.192 e. The molecule has 0 unspecified atom stereocenters. The third-order valence-electron chi connectivity index (χ3n) is 3.53. The van der Waals surface area contributed by atoms with Crippen LogP contribution in [0.1, 0.15) is 41.0 Å². The fourth-order valence-corrected chi connectivity index (χ4v) is 3.33. The number of rotatable bonds is 5. The van der Waals surface area contributed by atoms with E-state index in [1.165, 1.54) is 4.43 Å². The largest absolute Gasteiger partial charge is 0.414 e. The zero-order valence-corrected chi connectivity index (χ0v) is 14.5. The van der Waals surface area contributed by atoms with Crippen molar-refractivity contribution in [2.24, 2.45) is 5.92 Å². The van der Waals surface area contributed by atoms with Crippen LogP contribution in [0.25, 0.3) is 0 Å². The zero-order chi connectivity index (χ0) is 12.3. The maximum atomic E-state index is 6.44. The molecule has 0 bridgehead atoms. The summed E-state index contributed by atoms with van der Waals surface area (Å²) in [6.07, 6.45) is 1.58. The van der Waals surface area contributed by atoms with Crippen LogP contribution in [0.5, 0.6) is 0 Å². The van der Waals surface area contributed by atoms with Crippen molar-refractivity contribution in [2.75, 3.05) is 4.43 Å². The van der Waals surface area contributed by atoms with E-state index in [-0.39, 0.29) is 0 Å². The smallest absolute Gasteiger partial charge is 0.192 e. The second kappa shape index (κ2) is 6.01. The highest BCUT2D eigenvalue weighted by Gasteiger charge is 2.39. The molecule has 0 saturated heterocycles. The van der Waals surface area contributed by atoms with Gasteiger partial charge >= 0.3 is 0 Å². The van der Waals surface area contributed by atoms with Gasteiger partial charge < -0.3 is 4.43 Å². The molecule has 0 radical (unpaired) electrons. The Morgan fingerprint density at radius 3 is 2.00 bits per heavy atom. The monoisotopic (exact) mass is 342 g/mol. The average molecular weight is 342 g/mol. The second-order valence-corrected chi connectivity index (χ2v) is 11.6. The first-order chi connectivity index (χ1) is 6.65. The first kappa shape index (κ1) is 15.9. The zero-order valence-electron chi connectivity index (χ0n) is 11.4. The van der Waals surface area contributed by atoms with Crippen molar-refractivity contribution in [3.8, 4) is 0 Å². The molecule has 0 saturated carbocycles. The molecule has 0 fully saturated rings. The van der Waals surface area contributed by atoms with E-state index in [4.69, 9.17) is 4.43 Å². The highest BCUT2D eigenvalue weighted by molar-refractivity contribution is 14.1. The van der Waals surface area contributed by atoms with Crippen LogP contribution < -0.4 is 0 Å². The van der Waals surface area contributed by atoms with Crippen molar-refractivity contribution in [3.63, 3.8) is 0 Å². The van der Waals surface area contributed by atoms with E-state index < -0.39 is 8.32 Å². The standard InChI is InChI=1S/C12H27IOSi/c1-8-11(10(2)9-13)14-15(6,7)12(3,4)5/h10-11H,8-9H2,1-7H3/t10-,11-/m0/s1. The fraction of sp³-hybridized carbons (Fsp3) is 1.00. The van der Waals surface area contributed by atoms with Crippen LogP contribution in [-0.4, -0.2) is 18.8 Å². The Hall–Kier alpha value is 0.907. The summed E-state index contributed by atoms with van der Waals surface area (Å²) in [7, 11) is -1.57. The van der Waals surface area contributed by atoms with E-state index >= 15 is 0 Å². The molecule has 0 N–H and O–H groups in total. The predicted octanol–water partition coefficient (Wildman–Crippen LogP) is 4.86. The Balaban J connectivity index is 4.54. The number of hydrogen-bond donors (Lipinski definition) is 0. The summed E-state index contributed by atoms with van der Waals surface area (Å²) >= 11 is 2.46. The van der Waals surface area contributed by atoms with Crippen LogP contribution in [0.15, 0.2) is 0 Å². The first-order valence-corrected chi connectivity index (χ1v) is 10.3. The topological polar surface area (TPSA) is 9.23 Å². The summed E-state index contributed by atoms with van der Waals surface area (Å²) in [5, 5.41) is 0.325. The molecule has 0 rings (SSSR count). The minimum atomic E-state index is -1.57. The lowest BCUT2D eigenvalue weighted by Crippen LogP contribution is -2.45. The predicted molar refractivity (Wildman–Crippen MR) is 80.4 cm³/mol. The van der Waals surface area contributed by atoms with Gasteiger partial charge in [0.25, 0.3) is 0 Å². The average Bonchev–Trinajstić information content (AvgIpc) is 2.11. The lowest BCUT2D eigenvalue weighted by atomic mass is 10.1. The molecule has 0 aromatic heterocycles. The van der Waals surface area contributed by atoms with Crippen molar-refractivity contribution < 1.29 is 4.43 Å². The number of hydrogen-bond acceptors (Lipinski definition) is 1. The van der Waals surface area contributed by atoms with Crippen molar-refractivity contribution in [2.45, 2.75) is 65.3 Å². The van der Waals surface area contributed by atoms with Crippen LogP contribution in [0.4, 0.5) is 0 Å². The molecule has 1 nitrogen and oxygen atoms in total. The molecule has 0 amide bonds. The molecule has 0 aromatic carbocycles. The van der Waals surface area contributed by atoms with Gasteiger partial charge in [0.05, 0.1) is 0 Å². The summed E-state index contributed by atoms with van der Waals surface area (Å²) in [6, 6.07) is 0. The Bertz CT molecular complexity index is 187. The van der Waals surface area contributed by atoms with E-state index in [1.807, 2.05) is 0 Å². The third kappa shape index (κ3) is 4.73. The van der Waals surface area contributed by atoms with Crippen LogP contribution >= 0.6 is 22.6 Å². The number of halogens is 1. The summed E-state index contributed by atoms with van der Waals surface area (Å²) in [5.74, 6) is 0.671. The lowest BCUT2D eigenvalue weighted by Gasteiger charge is -2.40. The van der Waals surface area contributed by atoms with Gasteiger partial charge in [0.1, 0.15) is 0 Å². The Kier molecular flexibility index (Phi) is 6.37. The summed E-state index contributed by atoms with van der Waals surface area (Å²) in [5.41, 5.74) is 0. The van der Waals surface area contributed by atoms with Gasteiger partial charge in [-0.3, -0.25) is 0 Å². The third-order valence-corrected chi connectivity index (χ3v) is 9.43. The minimum absolute atomic E-state index is 0.325. The van der Waals surface area contributed by atoms with Gasteiger partial charge in [-0.2, -0.15) is 0 Å². The summed E-state index contributed by atoms with van der Waals surface area (Å²) in [4.78, 5) is 0. The van der Waals surface area contributed by atoms with Gasteiger partial charge in [0.2, 0.25) is 0 Å². The van der Waals surface area contributed by atoms with Crippen LogP contribution in [0, 0.1) is 5.92 Å². The van der Waals surface area contributed by atoms with Crippen molar-refractivity contribution in [1.82, 2.24) is 0 Å². The van der Waals surface area contributed by atoms with Gasteiger partial charge in [-0.25, -0.2) is 0 Å². The Labute approximate surface area is 111 Å². The van der Waals surface area contributed by atoms with Crippen molar-refractivity contribution in [1.29, 1.82) is 0 Å². The van der Waals surface area contributed by atoms with Gasteiger partial charge in [-0.1, -0.05) is 57.2 Å². The molecule has 0 heterocycles. The molecule has 0 aliphatic carbocycles. The van der Waals surface area contributed by atoms with E-state index in [0.717, 1.165) is 6.42 Å². The molecule has 0 spiro atoms. The molecule has 3 heteroatoms. The Morgan fingerprint density at radius 1 is 1.27 bits per heavy atom. The minimum Gasteiger partial charge on any atom is -0.414 e. The molecule has 0 aliphatic heterocycles. The highest BCUT2D eigenvalue weighted by Crippen LogP contribution is 2.38. The maximum absolute atomic E-state index is 6.44.